The second-order valence-electron chi connectivity index (χ2n) is 3.85. The predicted molar refractivity (Wildman–Crippen MR) is 58.8 cm³/mol. The zero-order valence-electron chi connectivity index (χ0n) is 9.71. The molecule has 0 aliphatic carbocycles. The van der Waals surface area contributed by atoms with Crippen molar-refractivity contribution in [3.05, 3.63) is 23.9 Å². The van der Waals surface area contributed by atoms with Crippen LogP contribution in [-0.2, 0) is 10.9 Å². The van der Waals surface area contributed by atoms with Crippen molar-refractivity contribution >= 4 is 5.82 Å². The Morgan fingerprint density at radius 3 is 2.71 bits per heavy atom. The molecule has 1 N–H and O–H groups in total. The minimum Gasteiger partial charge on any atom is -0.384 e. The molecule has 0 fully saturated rings. The van der Waals surface area contributed by atoms with Gasteiger partial charge >= 0.3 is 6.18 Å². The average Bonchev–Trinajstić information content (AvgIpc) is 2.26. The molecule has 1 rings (SSSR count). The van der Waals surface area contributed by atoms with Crippen LogP contribution in [-0.4, -0.2) is 25.2 Å². The van der Waals surface area contributed by atoms with E-state index in [-0.39, 0.29) is 11.7 Å². The van der Waals surface area contributed by atoms with E-state index in [1.807, 2.05) is 6.92 Å². The molecular weight excluding hydrogens is 233 g/mol. The van der Waals surface area contributed by atoms with Gasteiger partial charge < -0.3 is 10.1 Å². The molecule has 0 aromatic carbocycles. The number of hydrogen-bond acceptors (Lipinski definition) is 3. The van der Waals surface area contributed by atoms with Gasteiger partial charge in [0.2, 0.25) is 0 Å². The number of hydrogen-bond donors (Lipinski definition) is 1. The third-order valence-electron chi connectivity index (χ3n) is 2.12. The van der Waals surface area contributed by atoms with Gasteiger partial charge in [0, 0.05) is 13.7 Å². The summed E-state index contributed by atoms with van der Waals surface area (Å²) in [7, 11) is 1.58. The third-order valence-corrected chi connectivity index (χ3v) is 2.12. The minimum absolute atomic E-state index is 0.205. The molecule has 1 aromatic rings. The third kappa shape index (κ3) is 4.60. The molecule has 0 saturated heterocycles. The first-order valence-electron chi connectivity index (χ1n) is 5.20. The standard InChI is InChI=1S/C11H15F3N2O/c1-8(7-17-2)6-15-10-5-3-4-9(16-10)11(12,13)14/h3-5,8H,6-7H2,1-2H3,(H,15,16). The van der Waals surface area contributed by atoms with Crippen molar-refractivity contribution in [3.8, 4) is 0 Å². The number of anilines is 1. The van der Waals surface area contributed by atoms with Gasteiger partial charge in [0.25, 0.3) is 0 Å². The molecule has 1 aromatic heterocycles. The molecule has 0 spiro atoms. The van der Waals surface area contributed by atoms with Crippen LogP contribution >= 0.6 is 0 Å². The number of rotatable bonds is 5. The number of halogens is 3. The number of methoxy groups -OCH3 is 1. The number of pyridine rings is 1. The van der Waals surface area contributed by atoms with Crippen LogP contribution in [0.4, 0.5) is 19.0 Å². The smallest absolute Gasteiger partial charge is 0.384 e. The van der Waals surface area contributed by atoms with E-state index >= 15 is 0 Å². The van der Waals surface area contributed by atoms with Gasteiger partial charge in [0.05, 0.1) is 6.61 Å². The zero-order chi connectivity index (χ0) is 12.9. The first-order valence-corrected chi connectivity index (χ1v) is 5.20. The molecular formula is C11H15F3N2O. The number of nitrogens with zero attached hydrogens (tertiary/aromatic N) is 1. The van der Waals surface area contributed by atoms with Crippen LogP contribution in [0.3, 0.4) is 0 Å². The largest absolute Gasteiger partial charge is 0.433 e. The summed E-state index contributed by atoms with van der Waals surface area (Å²) in [6, 6.07) is 3.79. The fraction of sp³-hybridized carbons (Fsp3) is 0.545. The van der Waals surface area contributed by atoms with Crippen LogP contribution in [0.25, 0.3) is 0 Å². The molecule has 1 heterocycles. The highest BCUT2D eigenvalue weighted by molar-refractivity contribution is 5.35. The second kappa shape index (κ2) is 5.86. The Hall–Kier alpha value is -1.30. The Morgan fingerprint density at radius 2 is 2.12 bits per heavy atom. The van der Waals surface area contributed by atoms with Gasteiger partial charge in [0.1, 0.15) is 11.5 Å². The Balaban J connectivity index is 2.60. The van der Waals surface area contributed by atoms with Crippen molar-refractivity contribution in [1.82, 2.24) is 4.98 Å². The van der Waals surface area contributed by atoms with E-state index < -0.39 is 11.9 Å². The van der Waals surface area contributed by atoms with Crippen LogP contribution in [0.2, 0.25) is 0 Å². The summed E-state index contributed by atoms with van der Waals surface area (Å²) in [5, 5.41) is 2.85. The van der Waals surface area contributed by atoms with Crippen molar-refractivity contribution in [1.29, 1.82) is 0 Å². The fourth-order valence-electron chi connectivity index (χ4n) is 1.31. The number of alkyl halides is 3. The molecule has 0 amide bonds. The second-order valence-corrected chi connectivity index (χ2v) is 3.85. The Labute approximate surface area is 98.0 Å². The highest BCUT2D eigenvalue weighted by Crippen LogP contribution is 2.28. The van der Waals surface area contributed by atoms with Gasteiger partial charge in [-0.15, -0.1) is 0 Å². The molecule has 0 radical (unpaired) electrons. The Morgan fingerprint density at radius 1 is 1.41 bits per heavy atom. The fourth-order valence-corrected chi connectivity index (χ4v) is 1.31. The molecule has 0 aliphatic heterocycles. The quantitative estimate of drug-likeness (QED) is 0.870. The molecule has 3 nitrogen and oxygen atoms in total. The Bertz CT molecular complexity index is 355. The number of nitrogens with one attached hydrogen (secondary N) is 1. The minimum atomic E-state index is -4.41. The molecule has 96 valence electrons. The Kier molecular flexibility index (Phi) is 4.74. The van der Waals surface area contributed by atoms with Crippen LogP contribution in [0, 0.1) is 5.92 Å². The van der Waals surface area contributed by atoms with Crippen LogP contribution < -0.4 is 5.32 Å². The van der Waals surface area contributed by atoms with E-state index in [9.17, 15) is 13.2 Å². The summed E-state index contributed by atoms with van der Waals surface area (Å²) in [5.41, 5.74) is -0.887. The molecule has 1 atom stereocenters. The average molecular weight is 248 g/mol. The lowest BCUT2D eigenvalue weighted by Crippen LogP contribution is -2.17. The molecule has 0 saturated carbocycles. The molecule has 0 bridgehead atoms. The lowest BCUT2D eigenvalue weighted by molar-refractivity contribution is -0.141. The summed E-state index contributed by atoms with van der Waals surface area (Å²) in [5.74, 6) is 0.430. The zero-order valence-corrected chi connectivity index (χ0v) is 9.71. The summed E-state index contributed by atoms with van der Waals surface area (Å²) in [6.45, 7) is 3.00. The first-order chi connectivity index (χ1) is 7.93. The van der Waals surface area contributed by atoms with Gasteiger partial charge in [0.15, 0.2) is 0 Å². The van der Waals surface area contributed by atoms with Crippen molar-refractivity contribution in [2.24, 2.45) is 5.92 Å². The van der Waals surface area contributed by atoms with Crippen molar-refractivity contribution < 1.29 is 17.9 Å². The maximum Gasteiger partial charge on any atom is 0.433 e. The van der Waals surface area contributed by atoms with E-state index in [4.69, 9.17) is 4.74 Å². The number of ether oxygens (including phenoxy) is 1. The van der Waals surface area contributed by atoms with Crippen LogP contribution in [0.5, 0.6) is 0 Å². The van der Waals surface area contributed by atoms with E-state index in [1.165, 1.54) is 12.1 Å². The summed E-state index contributed by atoms with van der Waals surface area (Å²) in [4.78, 5) is 3.50. The van der Waals surface area contributed by atoms with Crippen LogP contribution in [0.15, 0.2) is 18.2 Å². The van der Waals surface area contributed by atoms with E-state index in [0.717, 1.165) is 6.07 Å². The van der Waals surface area contributed by atoms with E-state index in [2.05, 4.69) is 10.3 Å². The van der Waals surface area contributed by atoms with Gasteiger partial charge in [-0.05, 0) is 18.1 Å². The maximum atomic E-state index is 12.4. The van der Waals surface area contributed by atoms with Crippen molar-refractivity contribution in [3.63, 3.8) is 0 Å². The molecule has 1 unspecified atom stereocenters. The lowest BCUT2D eigenvalue weighted by atomic mass is 10.2. The van der Waals surface area contributed by atoms with Crippen molar-refractivity contribution in [2.45, 2.75) is 13.1 Å². The normalized spacial score (nSPS) is 13.5. The summed E-state index contributed by atoms with van der Waals surface area (Å²) < 4.78 is 42.1. The highest BCUT2D eigenvalue weighted by atomic mass is 19.4. The van der Waals surface area contributed by atoms with E-state index in [1.54, 1.807) is 7.11 Å². The summed E-state index contributed by atoms with van der Waals surface area (Å²) in [6.07, 6.45) is -4.41. The van der Waals surface area contributed by atoms with Gasteiger partial charge in [-0.25, -0.2) is 4.98 Å². The number of aromatic nitrogens is 1. The predicted octanol–water partition coefficient (Wildman–Crippen LogP) is 2.79. The topological polar surface area (TPSA) is 34.1 Å². The van der Waals surface area contributed by atoms with Gasteiger partial charge in [-0.3, -0.25) is 0 Å². The monoisotopic (exact) mass is 248 g/mol. The first kappa shape index (κ1) is 13.8. The highest BCUT2D eigenvalue weighted by Gasteiger charge is 2.32. The summed E-state index contributed by atoms with van der Waals surface area (Å²) >= 11 is 0. The van der Waals surface area contributed by atoms with Crippen LogP contribution in [0.1, 0.15) is 12.6 Å². The van der Waals surface area contributed by atoms with Crippen molar-refractivity contribution in [2.75, 3.05) is 25.6 Å². The lowest BCUT2D eigenvalue weighted by Gasteiger charge is -2.13. The van der Waals surface area contributed by atoms with Gasteiger partial charge in [-0.2, -0.15) is 13.2 Å². The van der Waals surface area contributed by atoms with Gasteiger partial charge in [-0.1, -0.05) is 13.0 Å². The molecule has 0 aliphatic rings. The maximum absolute atomic E-state index is 12.4. The SMILES string of the molecule is COCC(C)CNc1cccc(C(F)(F)F)n1. The molecule has 6 heteroatoms. The van der Waals surface area contributed by atoms with E-state index in [0.29, 0.717) is 13.2 Å². The molecule has 17 heavy (non-hydrogen) atoms.